The number of para-hydroxylation sites is 1. The zero-order valence-corrected chi connectivity index (χ0v) is 13.6. The summed E-state index contributed by atoms with van der Waals surface area (Å²) >= 11 is 6.23. The predicted octanol–water partition coefficient (Wildman–Crippen LogP) is 3.06. The second kappa shape index (κ2) is 5.18. The van der Waals surface area contributed by atoms with Gasteiger partial charge in [0.2, 0.25) is 5.41 Å². The van der Waals surface area contributed by atoms with Gasteiger partial charge in [-0.05, 0) is 24.6 Å². The smallest absolute Gasteiger partial charge is 0.316 e. The number of carbonyl (C=O) groups is 2. The SMILES string of the molecule is CC1=NOC(=O)[C@@]12C(=O)N(Cc1ccccc1Cl)c1ccccc12. The third-order valence-electron chi connectivity index (χ3n) is 4.57. The van der Waals surface area contributed by atoms with Crippen molar-refractivity contribution in [2.45, 2.75) is 18.9 Å². The molecule has 24 heavy (non-hydrogen) atoms. The molecule has 5 nitrogen and oxygen atoms in total. The van der Waals surface area contributed by atoms with E-state index >= 15 is 0 Å². The molecule has 2 aromatic rings. The van der Waals surface area contributed by atoms with Crippen molar-refractivity contribution >= 4 is 34.9 Å². The van der Waals surface area contributed by atoms with E-state index in [0.717, 1.165) is 5.56 Å². The summed E-state index contributed by atoms with van der Waals surface area (Å²) in [5, 5.41) is 4.33. The Morgan fingerprint density at radius 2 is 1.83 bits per heavy atom. The van der Waals surface area contributed by atoms with Crippen molar-refractivity contribution in [1.29, 1.82) is 0 Å². The molecule has 0 saturated carbocycles. The third-order valence-corrected chi connectivity index (χ3v) is 4.93. The van der Waals surface area contributed by atoms with Gasteiger partial charge in [-0.1, -0.05) is 53.2 Å². The topological polar surface area (TPSA) is 59.0 Å². The van der Waals surface area contributed by atoms with Gasteiger partial charge in [-0.15, -0.1) is 0 Å². The zero-order chi connectivity index (χ0) is 16.9. The van der Waals surface area contributed by atoms with Crippen molar-refractivity contribution in [2.75, 3.05) is 4.90 Å². The van der Waals surface area contributed by atoms with Gasteiger partial charge in [-0.25, -0.2) is 4.79 Å². The number of amides is 1. The van der Waals surface area contributed by atoms with Crippen LogP contribution in [-0.2, 0) is 26.4 Å². The lowest BCUT2D eigenvalue weighted by Crippen LogP contribution is -2.48. The molecule has 1 amide bonds. The van der Waals surface area contributed by atoms with E-state index in [-0.39, 0.29) is 12.5 Å². The first-order chi connectivity index (χ1) is 11.6. The molecule has 0 N–H and O–H groups in total. The minimum atomic E-state index is -1.47. The molecule has 120 valence electrons. The summed E-state index contributed by atoms with van der Waals surface area (Å²) in [6.07, 6.45) is 0. The van der Waals surface area contributed by atoms with Crippen LogP contribution in [0, 0.1) is 0 Å². The maximum atomic E-state index is 13.2. The third kappa shape index (κ3) is 1.79. The van der Waals surface area contributed by atoms with Gasteiger partial charge in [0.05, 0.1) is 12.3 Å². The van der Waals surface area contributed by atoms with Crippen molar-refractivity contribution in [1.82, 2.24) is 0 Å². The van der Waals surface area contributed by atoms with Crippen LogP contribution in [0.15, 0.2) is 53.7 Å². The highest BCUT2D eigenvalue weighted by atomic mass is 35.5. The molecule has 0 saturated heterocycles. The van der Waals surface area contributed by atoms with E-state index < -0.39 is 11.4 Å². The molecule has 2 aliphatic heterocycles. The number of fused-ring (bicyclic) bond motifs is 2. The molecule has 4 rings (SSSR count). The van der Waals surface area contributed by atoms with Crippen LogP contribution in [0.3, 0.4) is 0 Å². The van der Waals surface area contributed by atoms with E-state index in [1.165, 1.54) is 0 Å². The average Bonchev–Trinajstić information content (AvgIpc) is 3.02. The number of hydrogen-bond acceptors (Lipinski definition) is 4. The molecular weight excluding hydrogens is 328 g/mol. The summed E-state index contributed by atoms with van der Waals surface area (Å²) in [6, 6.07) is 14.5. The Bertz CT molecular complexity index is 909. The predicted molar refractivity (Wildman–Crippen MR) is 90.0 cm³/mol. The van der Waals surface area contributed by atoms with Crippen LogP contribution in [0.25, 0.3) is 0 Å². The van der Waals surface area contributed by atoms with Crippen LogP contribution in [0.1, 0.15) is 18.1 Å². The molecule has 1 atom stereocenters. The Kier molecular flexibility index (Phi) is 3.21. The Morgan fingerprint density at radius 1 is 1.12 bits per heavy atom. The summed E-state index contributed by atoms with van der Waals surface area (Å²) in [6.45, 7) is 1.91. The number of oxime groups is 1. The fourth-order valence-corrected chi connectivity index (χ4v) is 3.54. The van der Waals surface area contributed by atoms with Crippen LogP contribution < -0.4 is 4.90 Å². The first kappa shape index (κ1) is 14.9. The van der Waals surface area contributed by atoms with Crippen LogP contribution >= 0.6 is 11.6 Å². The maximum absolute atomic E-state index is 13.2. The summed E-state index contributed by atoms with van der Waals surface area (Å²) < 4.78 is 0. The van der Waals surface area contributed by atoms with Crippen molar-refractivity contribution in [2.24, 2.45) is 5.16 Å². The second-order valence-corrected chi connectivity index (χ2v) is 6.21. The van der Waals surface area contributed by atoms with Gasteiger partial charge in [0, 0.05) is 16.3 Å². The lowest BCUT2D eigenvalue weighted by Gasteiger charge is -2.21. The number of carbonyl (C=O) groups excluding carboxylic acids is 2. The fraction of sp³-hybridized carbons (Fsp3) is 0.167. The zero-order valence-electron chi connectivity index (χ0n) is 12.8. The Labute approximate surface area is 143 Å². The molecule has 0 aliphatic carbocycles. The van der Waals surface area contributed by atoms with E-state index in [2.05, 4.69) is 5.16 Å². The van der Waals surface area contributed by atoms with E-state index in [0.29, 0.717) is 22.0 Å². The van der Waals surface area contributed by atoms with Crippen LogP contribution in [0.5, 0.6) is 0 Å². The summed E-state index contributed by atoms with van der Waals surface area (Å²) in [7, 11) is 0. The second-order valence-electron chi connectivity index (χ2n) is 5.81. The van der Waals surface area contributed by atoms with Gasteiger partial charge in [0.1, 0.15) is 0 Å². The molecule has 2 heterocycles. The van der Waals surface area contributed by atoms with Crippen molar-refractivity contribution in [3.8, 4) is 0 Å². The summed E-state index contributed by atoms with van der Waals surface area (Å²) in [5.41, 5.74) is 0.964. The number of halogens is 1. The quantitative estimate of drug-likeness (QED) is 0.623. The monoisotopic (exact) mass is 340 g/mol. The molecule has 2 aliphatic rings. The highest BCUT2D eigenvalue weighted by Gasteiger charge is 2.62. The highest BCUT2D eigenvalue weighted by Crippen LogP contribution is 2.46. The molecule has 0 fully saturated rings. The standard InChI is InChI=1S/C18H13ClN2O3/c1-11-18(17(23)24-20-11)13-7-3-5-9-15(13)21(16(18)22)10-12-6-2-4-8-14(12)19/h2-9H,10H2,1H3/t18-/m0/s1. The minimum absolute atomic E-state index is 0.276. The molecule has 0 bridgehead atoms. The Hall–Kier alpha value is -2.66. The Morgan fingerprint density at radius 3 is 2.54 bits per heavy atom. The number of hydrogen-bond donors (Lipinski definition) is 0. The van der Waals surface area contributed by atoms with E-state index in [4.69, 9.17) is 16.4 Å². The van der Waals surface area contributed by atoms with Gasteiger partial charge < -0.3 is 9.74 Å². The molecule has 0 radical (unpaired) electrons. The van der Waals surface area contributed by atoms with Gasteiger partial charge in [0.25, 0.3) is 5.91 Å². The number of anilines is 1. The van der Waals surface area contributed by atoms with E-state index in [9.17, 15) is 9.59 Å². The molecule has 2 aromatic carbocycles. The Balaban J connectivity index is 1.86. The largest absolute Gasteiger partial charge is 0.360 e. The van der Waals surface area contributed by atoms with Gasteiger partial charge in [-0.3, -0.25) is 4.79 Å². The lowest BCUT2D eigenvalue weighted by molar-refractivity contribution is -0.147. The number of nitrogens with zero attached hydrogens (tertiary/aromatic N) is 2. The van der Waals surface area contributed by atoms with Crippen LogP contribution in [0.2, 0.25) is 5.02 Å². The highest BCUT2D eigenvalue weighted by molar-refractivity contribution is 6.36. The first-order valence-corrected chi connectivity index (χ1v) is 7.86. The molecule has 1 spiro atoms. The summed E-state index contributed by atoms with van der Waals surface area (Å²) in [4.78, 5) is 32.1. The molecule has 6 heteroatoms. The fourth-order valence-electron chi connectivity index (χ4n) is 3.35. The van der Waals surface area contributed by atoms with Gasteiger partial charge >= 0.3 is 5.97 Å². The van der Waals surface area contributed by atoms with Gasteiger partial charge in [-0.2, -0.15) is 0 Å². The molecule has 0 unspecified atom stereocenters. The maximum Gasteiger partial charge on any atom is 0.360 e. The number of rotatable bonds is 2. The number of benzene rings is 2. The van der Waals surface area contributed by atoms with E-state index in [1.54, 1.807) is 30.0 Å². The average molecular weight is 341 g/mol. The normalized spacial score (nSPS) is 21.9. The first-order valence-electron chi connectivity index (χ1n) is 7.48. The van der Waals surface area contributed by atoms with Crippen molar-refractivity contribution in [3.63, 3.8) is 0 Å². The van der Waals surface area contributed by atoms with Crippen molar-refractivity contribution in [3.05, 3.63) is 64.7 Å². The van der Waals surface area contributed by atoms with Crippen LogP contribution in [-0.4, -0.2) is 17.6 Å². The lowest BCUT2D eigenvalue weighted by atomic mass is 9.78. The van der Waals surface area contributed by atoms with Crippen molar-refractivity contribution < 1.29 is 14.4 Å². The van der Waals surface area contributed by atoms with Crippen LogP contribution in [0.4, 0.5) is 5.69 Å². The van der Waals surface area contributed by atoms with E-state index in [1.807, 2.05) is 30.3 Å². The molecule has 0 aromatic heterocycles. The molecular formula is C18H13ClN2O3. The summed E-state index contributed by atoms with van der Waals surface area (Å²) in [5.74, 6) is -1.01. The van der Waals surface area contributed by atoms with Gasteiger partial charge in [0.15, 0.2) is 0 Å². The minimum Gasteiger partial charge on any atom is -0.316 e.